The highest BCUT2D eigenvalue weighted by Crippen LogP contribution is 2.33. The van der Waals surface area contributed by atoms with Crippen molar-refractivity contribution in [3.63, 3.8) is 0 Å². The molecule has 5 unspecified atom stereocenters. The van der Waals surface area contributed by atoms with Crippen molar-refractivity contribution < 1.29 is 57.2 Å². The molecular weight excluding hydrogens is 987 g/mol. The molecule has 0 spiro atoms. The summed E-state index contributed by atoms with van der Waals surface area (Å²) < 4.78 is 34.9. The van der Waals surface area contributed by atoms with Gasteiger partial charge >= 0.3 is 29.8 Å². The van der Waals surface area contributed by atoms with Crippen molar-refractivity contribution in [2.24, 2.45) is 47.3 Å². The zero-order chi connectivity index (χ0) is 55.1. The summed E-state index contributed by atoms with van der Waals surface area (Å²) in [7, 11) is 3.96. The minimum Gasteiger partial charge on any atom is -0.477 e. The van der Waals surface area contributed by atoms with Crippen LogP contribution in [0.1, 0.15) is 214 Å². The van der Waals surface area contributed by atoms with E-state index >= 15 is 0 Å². The van der Waals surface area contributed by atoms with E-state index in [1.54, 1.807) is 4.90 Å². The van der Waals surface area contributed by atoms with E-state index in [9.17, 15) is 28.8 Å². The molecule has 76 heavy (non-hydrogen) atoms. The summed E-state index contributed by atoms with van der Waals surface area (Å²) in [5.74, 6) is -0.354. The number of carbonyl (C=O) groups excluding carboxylic acids is 6. The van der Waals surface area contributed by atoms with Crippen LogP contribution in [0.4, 0.5) is 4.79 Å². The van der Waals surface area contributed by atoms with Crippen LogP contribution in [-0.2, 0) is 52.4 Å². The Kier molecular flexibility index (Phi) is 32.1. The molecule has 5 atom stereocenters. The molecular formula is C60H103N3O12S. The number of carbonyl (C=O) groups is 6. The lowest BCUT2D eigenvalue weighted by Gasteiger charge is -2.26. The molecule has 4 aliphatic rings. The quantitative estimate of drug-likeness (QED) is 0.0211. The van der Waals surface area contributed by atoms with E-state index in [0.29, 0.717) is 29.4 Å². The third-order valence-electron chi connectivity index (χ3n) is 16.4. The van der Waals surface area contributed by atoms with Gasteiger partial charge in [-0.05, 0) is 89.3 Å². The van der Waals surface area contributed by atoms with Gasteiger partial charge in [0.05, 0.1) is 17.8 Å². The van der Waals surface area contributed by atoms with Gasteiger partial charge in [0.15, 0.2) is 18.1 Å². The summed E-state index contributed by atoms with van der Waals surface area (Å²) >= 11 is 1.20. The van der Waals surface area contributed by atoms with Gasteiger partial charge in [0.2, 0.25) is 0 Å². The van der Waals surface area contributed by atoms with Crippen LogP contribution in [0.15, 0.2) is 0 Å². The fourth-order valence-electron chi connectivity index (χ4n) is 11.8. The second-order valence-corrected chi connectivity index (χ2v) is 24.9. The highest BCUT2D eigenvalue weighted by atomic mass is 32.2. The summed E-state index contributed by atoms with van der Waals surface area (Å²) in [5.41, 5.74) is 0. The summed E-state index contributed by atoms with van der Waals surface area (Å²) in [6.45, 7) is 8.16. The second-order valence-electron chi connectivity index (χ2n) is 23.8. The average molecular weight is 1090 g/mol. The minimum absolute atomic E-state index is 0.0210. The molecule has 4 fully saturated rings. The fraction of sp³-hybridized carbons (Fsp3) is 0.883. The molecule has 0 radical (unpaired) electrons. The van der Waals surface area contributed by atoms with Crippen LogP contribution < -0.4 is 0 Å². The first-order valence-electron chi connectivity index (χ1n) is 30.2. The van der Waals surface area contributed by atoms with Crippen molar-refractivity contribution in [3.05, 3.63) is 0 Å². The minimum atomic E-state index is -0.988. The predicted octanol–water partition coefficient (Wildman–Crippen LogP) is 12.5. The third-order valence-corrected chi connectivity index (χ3v) is 17.4. The molecule has 0 bridgehead atoms. The molecule has 4 aliphatic carbocycles. The van der Waals surface area contributed by atoms with Gasteiger partial charge in [-0.25, -0.2) is 0 Å². The van der Waals surface area contributed by atoms with Gasteiger partial charge in [-0.1, -0.05) is 168 Å². The number of hydrogen-bond donors (Lipinski definition) is 1. The molecule has 1 N–H and O–H groups in total. The number of nitrogens with one attached hydrogen (secondary N) is 1. The van der Waals surface area contributed by atoms with Crippen LogP contribution in [0.3, 0.4) is 0 Å². The summed E-state index contributed by atoms with van der Waals surface area (Å²) in [4.78, 5) is 83.9. The standard InChI is InChI=1S/C60H103N3O12S/c1-44(36-48-22-11-7-12-23-48)56(61)70-40-52(41-71-57(66)45(2)37-49-24-13-8-14-25-49)74-54(64)30-19-33-63(60(69)76-35-21-32-62(5)6)34-20-31-55(65)75-53(42-72-58(67)46(3)38-50-26-15-9-16-27-50)43-73-59(68)47(4)39-51-28-17-10-18-29-51/h44-53,61H,7-43H2,1-6H3. The number of hydrogen-bond acceptors (Lipinski definition) is 15. The number of amides is 1. The van der Waals surface area contributed by atoms with Crippen molar-refractivity contribution in [3.8, 4) is 0 Å². The summed E-state index contributed by atoms with van der Waals surface area (Å²) in [5, 5.41) is 8.54. The average Bonchev–Trinajstić information content (AvgIpc) is 3.41. The number of esters is 5. The molecule has 16 heteroatoms. The van der Waals surface area contributed by atoms with Gasteiger partial charge in [-0.3, -0.25) is 34.2 Å². The molecule has 0 heterocycles. The Morgan fingerprint density at radius 1 is 0.461 bits per heavy atom. The smallest absolute Gasteiger partial charge is 0.308 e. The predicted molar refractivity (Wildman–Crippen MR) is 299 cm³/mol. The van der Waals surface area contributed by atoms with Gasteiger partial charge in [-0.2, -0.15) is 0 Å². The summed E-state index contributed by atoms with van der Waals surface area (Å²) in [6.07, 6.45) is 26.0. The lowest BCUT2D eigenvalue weighted by atomic mass is 9.83. The van der Waals surface area contributed by atoms with Gasteiger partial charge in [0.25, 0.3) is 5.24 Å². The van der Waals surface area contributed by atoms with Crippen LogP contribution >= 0.6 is 11.8 Å². The van der Waals surface area contributed by atoms with Gasteiger partial charge in [-0.15, -0.1) is 0 Å². The largest absolute Gasteiger partial charge is 0.477 e. The van der Waals surface area contributed by atoms with E-state index in [0.717, 1.165) is 90.0 Å². The van der Waals surface area contributed by atoms with E-state index in [4.69, 9.17) is 33.8 Å². The normalized spacial score (nSPS) is 19.6. The van der Waals surface area contributed by atoms with Crippen molar-refractivity contribution >= 4 is 52.7 Å². The number of ether oxygens (including phenoxy) is 6. The molecule has 4 rings (SSSR count). The van der Waals surface area contributed by atoms with Gasteiger partial charge in [0, 0.05) is 37.6 Å². The Morgan fingerprint density at radius 2 is 0.789 bits per heavy atom. The number of rotatable bonds is 34. The Balaban J connectivity index is 1.33. The van der Waals surface area contributed by atoms with Gasteiger partial charge < -0.3 is 38.2 Å². The summed E-state index contributed by atoms with van der Waals surface area (Å²) in [6, 6.07) is 0. The van der Waals surface area contributed by atoms with E-state index in [1.807, 2.05) is 41.8 Å². The first-order chi connectivity index (χ1) is 36.6. The Hall–Kier alpha value is -3.40. The van der Waals surface area contributed by atoms with Crippen molar-refractivity contribution in [2.45, 2.75) is 226 Å². The maximum atomic E-state index is 13.7. The molecule has 4 saturated carbocycles. The zero-order valence-corrected chi connectivity index (χ0v) is 49.0. The van der Waals surface area contributed by atoms with Crippen LogP contribution in [0.2, 0.25) is 0 Å². The van der Waals surface area contributed by atoms with Crippen LogP contribution in [0, 0.1) is 52.8 Å². The fourth-order valence-corrected chi connectivity index (χ4v) is 12.7. The molecule has 0 saturated heterocycles. The Labute approximate surface area is 462 Å². The van der Waals surface area contributed by atoms with Crippen molar-refractivity contribution in [2.75, 3.05) is 65.9 Å². The zero-order valence-electron chi connectivity index (χ0n) is 48.1. The van der Waals surface area contributed by atoms with Crippen LogP contribution in [-0.4, -0.2) is 129 Å². The second kappa shape index (κ2) is 37.5. The highest BCUT2D eigenvalue weighted by molar-refractivity contribution is 8.13. The lowest BCUT2D eigenvalue weighted by Crippen LogP contribution is -2.34. The van der Waals surface area contributed by atoms with E-state index in [2.05, 4.69) is 4.90 Å². The third kappa shape index (κ3) is 27.5. The first-order valence-corrected chi connectivity index (χ1v) is 31.2. The van der Waals surface area contributed by atoms with Gasteiger partial charge in [0.1, 0.15) is 26.4 Å². The SMILES string of the molecule is CC(CC1CCCCC1)C(=N)OCC(COC(=O)C(C)CC1CCCCC1)OC(=O)CCCN(CCCC(=O)OC(COC(=O)C(C)CC1CCCCC1)COC(=O)C(C)CC1CCCCC1)C(=O)SCCCN(C)C. The molecule has 0 aliphatic heterocycles. The molecule has 0 aromatic heterocycles. The van der Waals surface area contributed by atoms with Crippen LogP contribution in [0.5, 0.6) is 0 Å². The van der Waals surface area contributed by atoms with E-state index < -0.39 is 24.1 Å². The van der Waals surface area contributed by atoms with E-state index in [1.165, 1.54) is 88.8 Å². The molecule has 1 amide bonds. The molecule has 0 aromatic rings. The Morgan fingerprint density at radius 3 is 1.13 bits per heavy atom. The van der Waals surface area contributed by atoms with Crippen molar-refractivity contribution in [1.82, 2.24) is 9.80 Å². The Bertz CT molecular complexity index is 1520. The van der Waals surface area contributed by atoms with E-state index in [-0.39, 0.29) is 118 Å². The maximum Gasteiger partial charge on any atom is 0.308 e. The van der Waals surface area contributed by atoms with Crippen molar-refractivity contribution in [1.29, 1.82) is 5.41 Å². The molecule has 15 nitrogen and oxygen atoms in total. The monoisotopic (exact) mass is 1090 g/mol. The van der Waals surface area contributed by atoms with Crippen LogP contribution in [0.25, 0.3) is 0 Å². The number of nitrogens with zero attached hydrogens (tertiary/aromatic N) is 2. The molecule has 436 valence electrons. The highest BCUT2D eigenvalue weighted by Gasteiger charge is 2.29. The maximum absolute atomic E-state index is 13.7. The number of thioether (sulfide) groups is 1. The lowest BCUT2D eigenvalue weighted by molar-refractivity contribution is -0.169. The first kappa shape index (κ1) is 65.1. The molecule has 0 aromatic carbocycles. The topological polar surface area (TPSA) is 188 Å².